The van der Waals surface area contributed by atoms with Crippen LogP contribution in [0, 0.1) is 12.8 Å². The molecule has 0 aliphatic rings. The van der Waals surface area contributed by atoms with E-state index in [1.165, 1.54) is 161 Å². The van der Waals surface area contributed by atoms with Crippen LogP contribution < -0.4 is 0 Å². The third-order valence-corrected chi connectivity index (χ3v) is 7.04. The second-order valence-electron chi connectivity index (χ2n) is 10.2. The molecule has 0 nitrogen and oxygen atoms in total. The average molecular weight is 422 g/mol. The second-order valence-corrected chi connectivity index (χ2v) is 10.2. The van der Waals surface area contributed by atoms with E-state index in [0.29, 0.717) is 0 Å². The summed E-state index contributed by atoms with van der Waals surface area (Å²) in [6.07, 6.45) is 37.7. The van der Waals surface area contributed by atoms with Gasteiger partial charge in [-0.15, -0.1) is 0 Å². The molecule has 1 unspecified atom stereocenters. The highest BCUT2D eigenvalue weighted by atomic mass is 14.1. The highest BCUT2D eigenvalue weighted by Crippen LogP contribution is 2.24. The summed E-state index contributed by atoms with van der Waals surface area (Å²) in [5, 5.41) is 0. The summed E-state index contributed by atoms with van der Waals surface area (Å²) in [7, 11) is 0. The summed E-state index contributed by atoms with van der Waals surface area (Å²) >= 11 is 0. The van der Waals surface area contributed by atoms with E-state index >= 15 is 0 Å². The fraction of sp³-hybridized carbons (Fsp3) is 0.967. The quantitative estimate of drug-likeness (QED) is 0.122. The molecule has 181 valence electrons. The zero-order valence-corrected chi connectivity index (χ0v) is 21.7. The Morgan fingerprint density at radius 2 is 0.633 bits per heavy atom. The van der Waals surface area contributed by atoms with Gasteiger partial charge in [-0.25, -0.2) is 0 Å². The second kappa shape index (κ2) is 27.0. The molecule has 0 aromatic carbocycles. The van der Waals surface area contributed by atoms with Gasteiger partial charge >= 0.3 is 0 Å². The van der Waals surface area contributed by atoms with Gasteiger partial charge in [0.05, 0.1) is 0 Å². The van der Waals surface area contributed by atoms with Gasteiger partial charge in [0.15, 0.2) is 0 Å². The molecule has 0 aliphatic carbocycles. The molecule has 30 heavy (non-hydrogen) atoms. The smallest absolute Gasteiger partial charge is 0.0414 e. The predicted octanol–water partition coefficient (Wildman–Crippen LogP) is 11.6. The van der Waals surface area contributed by atoms with E-state index in [9.17, 15) is 0 Å². The first-order valence-corrected chi connectivity index (χ1v) is 14.6. The van der Waals surface area contributed by atoms with Crippen LogP contribution in [-0.4, -0.2) is 0 Å². The van der Waals surface area contributed by atoms with Crippen molar-refractivity contribution in [1.29, 1.82) is 0 Å². The maximum atomic E-state index is 4.04. The molecule has 0 bridgehead atoms. The van der Waals surface area contributed by atoms with Crippen LogP contribution in [-0.2, 0) is 0 Å². The first-order valence-electron chi connectivity index (χ1n) is 14.6. The topological polar surface area (TPSA) is 0 Å². The van der Waals surface area contributed by atoms with Crippen LogP contribution in [0.4, 0.5) is 0 Å². The SMILES string of the molecule is [CH2]CCCCC(CCCCCCCCCC)CCCCCCCCCCCCCC. The van der Waals surface area contributed by atoms with Crippen molar-refractivity contribution in [3.63, 3.8) is 0 Å². The van der Waals surface area contributed by atoms with Gasteiger partial charge in [0.1, 0.15) is 0 Å². The molecular formula is C30H61. The standard InChI is InChI=1S/C30H61/c1-4-7-10-12-14-16-17-18-19-21-23-26-29-30(27-24-9-6-3)28-25-22-20-15-13-11-8-5-2/h30H,3-29H2,1-2H3. The van der Waals surface area contributed by atoms with E-state index in [2.05, 4.69) is 20.8 Å². The summed E-state index contributed by atoms with van der Waals surface area (Å²) in [5.74, 6) is 1.01. The van der Waals surface area contributed by atoms with Crippen molar-refractivity contribution < 1.29 is 0 Å². The maximum absolute atomic E-state index is 4.04. The molecule has 0 aromatic heterocycles. The molecule has 0 saturated carbocycles. The van der Waals surface area contributed by atoms with Crippen molar-refractivity contribution >= 4 is 0 Å². The Balaban J connectivity index is 3.58. The van der Waals surface area contributed by atoms with Crippen LogP contribution in [0.3, 0.4) is 0 Å². The van der Waals surface area contributed by atoms with E-state index in [1.807, 2.05) is 0 Å². The molecule has 1 radical (unpaired) electrons. The third-order valence-electron chi connectivity index (χ3n) is 7.04. The molecule has 0 heteroatoms. The van der Waals surface area contributed by atoms with Gasteiger partial charge < -0.3 is 0 Å². The van der Waals surface area contributed by atoms with Crippen LogP contribution in [0.25, 0.3) is 0 Å². The van der Waals surface area contributed by atoms with Gasteiger partial charge in [0.25, 0.3) is 0 Å². The molecule has 0 amide bonds. The minimum Gasteiger partial charge on any atom is -0.0654 e. The third kappa shape index (κ3) is 24.3. The van der Waals surface area contributed by atoms with Crippen LogP contribution in [0.5, 0.6) is 0 Å². The molecule has 0 fully saturated rings. The summed E-state index contributed by atoms with van der Waals surface area (Å²) in [5.41, 5.74) is 0. The van der Waals surface area contributed by atoms with E-state index in [1.54, 1.807) is 0 Å². The number of hydrogen-bond donors (Lipinski definition) is 0. The monoisotopic (exact) mass is 421 g/mol. The highest BCUT2D eigenvalue weighted by Gasteiger charge is 2.08. The first kappa shape index (κ1) is 30.0. The van der Waals surface area contributed by atoms with Crippen molar-refractivity contribution in [2.75, 3.05) is 0 Å². The Hall–Kier alpha value is 0. The van der Waals surface area contributed by atoms with Crippen molar-refractivity contribution in [2.45, 2.75) is 181 Å². The van der Waals surface area contributed by atoms with E-state index in [-0.39, 0.29) is 0 Å². The van der Waals surface area contributed by atoms with Gasteiger partial charge in [0, 0.05) is 0 Å². The Labute approximate surface area is 193 Å². The van der Waals surface area contributed by atoms with Gasteiger partial charge in [-0.2, -0.15) is 0 Å². The van der Waals surface area contributed by atoms with Crippen LogP contribution in [0.15, 0.2) is 0 Å². The molecule has 0 saturated heterocycles. The number of rotatable bonds is 26. The average Bonchev–Trinajstić information content (AvgIpc) is 2.76. The molecule has 1 atom stereocenters. The Morgan fingerprint density at radius 1 is 0.367 bits per heavy atom. The van der Waals surface area contributed by atoms with E-state index in [4.69, 9.17) is 0 Å². The predicted molar refractivity (Wildman–Crippen MR) is 140 cm³/mol. The van der Waals surface area contributed by atoms with Gasteiger partial charge in [0.2, 0.25) is 0 Å². The minimum atomic E-state index is 1.01. The zero-order valence-electron chi connectivity index (χ0n) is 21.7. The van der Waals surface area contributed by atoms with Gasteiger partial charge in [-0.3, -0.25) is 0 Å². The number of unbranched alkanes of at least 4 members (excludes halogenated alkanes) is 20. The van der Waals surface area contributed by atoms with Crippen LogP contribution in [0.1, 0.15) is 181 Å². The summed E-state index contributed by atoms with van der Waals surface area (Å²) in [6, 6.07) is 0. The largest absolute Gasteiger partial charge is 0.0654 e. The highest BCUT2D eigenvalue weighted by molar-refractivity contribution is 4.62. The molecule has 0 spiro atoms. The van der Waals surface area contributed by atoms with Crippen molar-refractivity contribution in [3.05, 3.63) is 6.92 Å². The van der Waals surface area contributed by atoms with Crippen molar-refractivity contribution in [3.8, 4) is 0 Å². The summed E-state index contributed by atoms with van der Waals surface area (Å²) < 4.78 is 0. The first-order chi connectivity index (χ1) is 14.8. The minimum absolute atomic E-state index is 1.01. The van der Waals surface area contributed by atoms with Gasteiger partial charge in [-0.05, 0) is 5.92 Å². The molecule has 0 rings (SSSR count). The Morgan fingerprint density at radius 3 is 0.933 bits per heavy atom. The lowest BCUT2D eigenvalue weighted by atomic mass is 9.89. The van der Waals surface area contributed by atoms with E-state index < -0.39 is 0 Å². The molecule has 0 aliphatic heterocycles. The van der Waals surface area contributed by atoms with Crippen LogP contribution in [0.2, 0.25) is 0 Å². The van der Waals surface area contributed by atoms with Crippen molar-refractivity contribution in [1.82, 2.24) is 0 Å². The molecule has 0 N–H and O–H groups in total. The van der Waals surface area contributed by atoms with E-state index in [0.717, 1.165) is 12.3 Å². The van der Waals surface area contributed by atoms with Crippen LogP contribution >= 0.6 is 0 Å². The lowest BCUT2D eigenvalue weighted by Gasteiger charge is -2.17. The summed E-state index contributed by atoms with van der Waals surface area (Å²) in [6.45, 7) is 8.65. The lowest BCUT2D eigenvalue weighted by Crippen LogP contribution is -2.01. The van der Waals surface area contributed by atoms with Crippen molar-refractivity contribution in [2.24, 2.45) is 5.92 Å². The summed E-state index contributed by atoms with van der Waals surface area (Å²) in [4.78, 5) is 0. The molecular weight excluding hydrogens is 360 g/mol. The lowest BCUT2D eigenvalue weighted by molar-refractivity contribution is 0.368. The fourth-order valence-corrected chi connectivity index (χ4v) is 4.88. The zero-order chi connectivity index (χ0) is 22.0. The maximum Gasteiger partial charge on any atom is -0.0414 e. The normalized spacial score (nSPS) is 12.5. The van der Waals surface area contributed by atoms with Gasteiger partial charge in [-0.1, -0.05) is 188 Å². The molecule has 0 aromatic rings. The Kier molecular flexibility index (Phi) is 27.0. The number of hydrogen-bond acceptors (Lipinski definition) is 0. The Bertz CT molecular complexity index is 282. The molecule has 0 heterocycles. The fourth-order valence-electron chi connectivity index (χ4n) is 4.88.